The number of hydrogen-bond acceptors (Lipinski definition) is 4. The second kappa shape index (κ2) is 7.41. The molecule has 0 spiro atoms. The van der Waals surface area contributed by atoms with Crippen molar-refractivity contribution in [3.63, 3.8) is 0 Å². The molecule has 3 aromatic rings. The van der Waals surface area contributed by atoms with Crippen LogP contribution in [0.5, 0.6) is 0 Å². The molecule has 1 fully saturated rings. The summed E-state index contributed by atoms with van der Waals surface area (Å²) in [7, 11) is 0. The quantitative estimate of drug-likeness (QED) is 0.664. The van der Waals surface area contributed by atoms with E-state index in [1.54, 1.807) is 28.2 Å². The van der Waals surface area contributed by atoms with Crippen molar-refractivity contribution in [3.05, 3.63) is 57.7 Å². The van der Waals surface area contributed by atoms with E-state index >= 15 is 0 Å². The first-order valence-electron chi connectivity index (χ1n) is 9.27. The lowest BCUT2D eigenvalue weighted by molar-refractivity contribution is 0.0919. The van der Waals surface area contributed by atoms with Gasteiger partial charge in [-0.3, -0.25) is 14.0 Å². The Balaban J connectivity index is 1.83. The van der Waals surface area contributed by atoms with E-state index in [9.17, 15) is 14.7 Å². The Kier molecular flexibility index (Phi) is 4.95. The summed E-state index contributed by atoms with van der Waals surface area (Å²) in [6.07, 6.45) is 4.85. The van der Waals surface area contributed by atoms with Crippen LogP contribution in [-0.4, -0.2) is 37.6 Å². The zero-order valence-electron chi connectivity index (χ0n) is 15.4. The Labute approximate surface area is 166 Å². The Morgan fingerprint density at radius 2 is 2.11 bits per heavy atom. The SMILES string of the molecule is C[C@H](O)CNC(=O)c1cn2cc(-c3ccccc3Cl)n(CC3CC3)c(=O)c2n1. The first kappa shape index (κ1) is 18.7. The topological polar surface area (TPSA) is 88.6 Å². The molecule has 8 heteroatoms. The van der Waals surface area contributed by atoms with Crippen LogP contribution in [0.1, 0.15) is 30.3 Å². The Bertz CT molecular complexity index is 1100. The molecule has 1 amide bonds. The number of aliphatic hydroxyl groups excluding tert-OH is 1. The molecular weight excluding hydrogens is 380 g/mol. The highest BCUT2D eigenvalue weighted by Gasteiger charge is 2.25. The molecular formula is C20H21ClN4O3. The van der Waals surface area contributed by atoms with Crippen molar-refractivity contribution in [3.8, 4) is 11.3 Å². The Hall–Kier alpha value is -2.64. The summed E-state index contributed by atoms with van der Waals surface area (Å²) in [5, 5.41) is 12.5. The number of benzene rings is 1. The molecule has 2 heterocycles. The minimum absolute atomic E-state index is 0.115. The predicted molar refractivity (Wildman–Crippen MR) is 107 cm³/mol. The number of amides is 1. The van der Waals surface area contributed by atoms with Gasteiger partial charge in [0, 0.05) is 36.1 Å². The lowest BCUT2D eigenvalue weighted by Crippen LogP contribution is -2.30. The standard InChI is InChI=1S/C20H21ClN4O3/c1-12(26)8-22-19(27)16-10-24-11-17(14-4-2-3-5-15(14)21)25(9-13-6-7-13)20(28)18(24)23-16/h2-5,10-13,26H,6-9H2,1H3,(H,22,27)/t12-/m0/s1. The van der Waals surface area contributed by atoms with Gasteiger partial charge in [0.05, 0.1) is 11.8 Å². The lowest BCUT2D eigenvalue weighted by atomic mass is 10.1. The fourth-order valence-corrected chi connectivity index (χ4v) is 3.38. The number of carbonyl (C=O) groups excluding carboxylic acids is 1. The number of hydrogen-bond donors (Lipinski definition) is 2. The first-order valence-corrected chi connectivity index (χ1v) is 9.65. The molecule has 0 saturated heterocycles. The largest absolute Gasteiger partial charge is 0.392 e. The van der Waals surface area contributed by atoms with Crippen LogP contribution in [0.4, 0.5) is 0 Å². The molecule has 2 aromatic heterocycles. The highest BCUT2D eigenvalue weighted by Crippen LogP contribution is 2.33. The zero-order valence-corrected chi connectivity index (χ0v) is 16.2. The number of nitrogens with one attached hydrogen (secondary N) is 1. The number of aromatic nitrogens is 3. The normalized spacial score (nSPS) is 15.0. The molecule has 1 aliphatic carbocycles. The number of nitrogens with zero attached hydrogens (tertiary/aromatic N) is 3. The van der Waals surface area contributed by atoms with Crippen molar-refractivity contribution in [2.24, 2.45) is 5.92 Å². The molecule has 1 aromatic carbocycles. The Morgan fingerprint density at radius 3 is 2.79 bits per heavy atom. The van der Waals surface area contributed by atoms with Crippen LogP contribution in [0.3, 0.4) is 0 Å². The second-order valence-corrected chi connectivity index (χ2v) is 7.68. The third-order valence-corrected chi connectivity index (χ3v) is 5.13. The van der Waals surface area contributed by atoms with Gasteiger partial charge in [-0.2, -0.15) is 0 Å². The molecule has 1 atom stereocenters. The zero-order chi connectivity index (χ0) is 19.8. The molecule has 28 heavy (non-hydrogen) atoms. The van der Waals surface area contributed by atoms with E-state index < -0.39 is 12.0 Å². The molecule has 0 aliphatic heterocycles. The van der Waals surface area contributed by atoms with E-state index in [0.29, 0.717) is 23.2 Å². The highest BCUT2D eigenvalue weighted by molar-refractivity contribution is 6.33. The Morgan fingerprint density at radius 1 is 1.36 bits per heavy atom. The fraction of sp³-hybridized carbons (Fsp3) is 0.350. The second-order valence-electron chi connectivity index (χ2n) is 7.27. The third kappa shape index (κ3) is 3.68. The number of imidazole rings is 1. The number of aliphatic hydroxyl groups is 1. The van der Waals surface area contributed by atoms with E-state index in [1.807, 2.05) is 18.2 Å². The van der Waals surface area contributed by atoms with Gasteiger partial charge in [-0.25, -0.2) is 4.98 Å². The first-order chi connectivity index (χ1) is 13.4. The van der Waals surface area contributed by atoms with Gasteiger partial charge in [0.2, 0.25) is 5.65 Å². The van der Waals surface area contributed by atoms with Gasteiger partial charge in [-0.05, 0) is 31.7 Å². The number of fused-ring (bicyclic) bond motifs is 1. The van der Waals surface area contributed by atoms with Crippen LogP contribution in [0.15, 0.2) is 41.5 Å². The third-order valence-electron chi connectivity index (χ3n) is 4.80. The predicted octanol–water partition coefficient (Wildman–Crippen LogP) is 2.34. The van der Waals surface area contributed by atoms with Gasteiger partial charge in [0.15, 0.2) is 0 Å². The van der Waals surface area contributed by atoms with Crippen molar-refractivity contribution in [2.45, 2.75) is 32.4 Å². The van der Waals surface area contributed by atoms with E-state index in [4.69, 9.17) is 11.6 Å². The number of halogens is 1. The summed E-state index contributed by atoms with van der Waals surface area (Å²) in [4.78, 5) is 29.7. The molecule has 0 unspecified atom stereocenters. The number of rotatable bonds is 6. The van der Waals surface area contributed by atoms with Gasteiger partial charge in [-0.1, -0.05) is 29.8 Å². The van der Waals surface area contributed by atoms with Crippen LogP contribution in [0.25, 0.3) is 16.9 Å². The molecule has 146 valence electrons. The monoisotopic (exact) mass is 400 g/mol. The maximum absolute atomic E-state index is 13.2. The molecule has 0 bridgehead atoms. The highest BCUT2D eigenvalue weighted by atomic mass is 35.5. The van der Waals surface area contributed by atoms with Crippen molar-refractivity contribution >= 4 is 23.2 Å². The van der Waals surface area contributed by atoms with Crippen LogP contribution < -0.4 is 10.9 Å². The smallest absolute Gasteiger partial charge is 0.294 e. The summed E-state index contributed by atoms with van der Waals surface area (Å²) < 4.78 is 3.28. The van der Waals surface area contributed by atoms with Gasteiger partial charge < -0.3 is 15.0 Å². The summed E-state index contributed by atoms with van der Waals surface area (Å²) in [6, 6.07) is 7.38. The van der Waals surface area contributed by atoms with Crippen LogP contribution in [0, 0.1) is 5.92 Å². The molecule has 1 saturated carbocycles. The molecule has 1 aliphatic rings. The summed E-state index contributed by atoms with van der Waals surface area (Å²) in [6.45, 7) is 2.30. The van der Waals surface area contributed by atoms with Crippen molar-refractivity contribution in [2.75, 3.05) is 6.54 Å². The molecule has 0 radical (unpaired) electrons. The average molecular weight is 401 g/mol. The minimum Gasteiger partial charge on any atom is -0.392 e. The fourth-order valence-electron chi connectivity index (χ4n) is 3.15. The summed E-state index contributed by atoms with van der Waals surface area (Å²) >= 11 is 6.38. The van der Waals surface area contributed by atoms with Crippen molar-refractivity contribution in [1.82, 2.24) is 19.3 Å². The van der Waals surface area contributed by atoms with Crippen LogP contribution >= 0.6 is 11.6 Å². The minimum atomic E-state index is -0.663. The van der Waals surface area contributed by atoms with Gasteiger partial charge in [0.1, 0.15) is 5.69 Å². The molecule has 2 N–H and O–H groups in total. The maximum Gasteiger partial charge on any atom is 0.294 e. The van der Waals surface area contributed by atoms with E-state index in [-0.39, 0.29) is 23.4 Å². The van der Waals surface area contributed by atoms with E-state index in [1.165, 1.54) is 6.20 Å². The van der Waals surface area contributed by atoms with Gasteiger partial charge in [0.25, 0.3) is 11.5 Å². The maximum atomic E-state index is 13.2. The van der Waals surface area contributed by atoms with Crippen molar-refractivity contribution in [1.29, 1.82) is 0 Å². The molecule has 4 rings (SSSR count). The van der Waals surface area contributed by atoms with Crippen LogP contribution in [0.2, 0.25) is 5.02 Å². The van der Waals surface area contributed by atoms with Crippen molar-refractivity contribution < 1.29 is 9.90 Å². The van der Waals surface area contributed by atoms with Gasteiger partial charge >= 0.3 is 0 Å². The lowest BCUT2D eigenvalue weighted by Gasteiger charge is -2.14. The molecule has 7 nitrogen and oxygen atoms in total. The summed E-state index contributed by atoms with van der Waals surface area (Å²) in [5.74, 6) is 0.0437. The summed E-state index contributed by atoms with van der Waals surface area (Å²) in [5.41, 5.74) is 1.53. The average Bonchev–Trinajstić information content (AvgIpc) is 3.38. The van der Waals surface area contributed by atoms with E-state index in [2.05, 4.69) is 10.3 Å². The van der Waals surface area contributed by atoms with E-state index in [0.717, 1.165) is 18.4 Å². The van der Waals surface area contributed by atoms with Crippen LogP contribution in [-0.2, 0) is 6.54 Å². The van der Waals surface area contributed by atoms with Gasteiger partial charge in [-0.15, -0.1) is 0 Å². The number of carbonyl (C=O) groups is 1.